The van der Waals surface area contributed by atoms with E-state index in [2.05, 4.69) is 19.1 Å². The van der Waals surface area contributed by atoms with Crippen LogP contribution >= 0.6 is 0 Å². The number of benzene rings is 1. The second-order valence-corrected chi connectivity index (χ2v) is 3.34. The minimum atomic E-state index is -0.272. The lowest BCUT2D eigenvalue weighted by molar-refractivity contribution is -0.137. The molecule has 0 spiro atoms. The molecule has 0 saturated heterocycles. The Morgan fingerprint density at radius 3 is 2.80 bits per heavy atom. The van der Waals surface area contributed by atoms with Gasteiger partial charge >= 0.3 is 5.97 Å². The van der Waals surface area contributed by atoms with Crippen molar-refractivity contribution in [3.8, 4) is 0 Å². The lowest BCUT2D eigenvalue weighted by atomic mass is 10.1. The van der Waals surface area contributed by atoms with Crippen LogP contribution in [0.2, 0.25) is 0 Å². The van der Waals surface area contributed by atoms with E-state index >= 15 is 0 Å². The molecule has 0 bridgehead atoms. The highest BCUT2D eigenvalue weighted by Gasteiger charge is 1.99. The van der Waals surface area contributed by atoms with Crippen molar-refractivity contribution in [1.82, 2.24) is 0 Å². The molecule has 80 valence electrons. The van der Waals surface area contributed by atoms with Crippen LogP contribution in [0.3, 0.4) is 0 Å². The number of carbonyl (C=O) groups excluding carboxylic acids is 1. The van der Waals surface area contributed by atoms with Gasteiger partial charge in [0, 0.05) is 12.5 Å². The Hall–Kier alpha value is -1.57. The van der Waals surface area contributed by atoms with Crippen molar-refractivity contribution in [2.45, 2.75) is 20.3 Å². The van der Waals surface area contributed by atoms with Crippen molar-refractivity contribution in [2.75, 3.05) is 6.61 Å². The van der Waals surface area contributed by atoms with Crippen LogP contribution in [0.5, 0.6) is 0 Å². The molecule has 0 saturated carbocycles. The summed E-state index contributed by atoms with van der Waals surface area (Å²) in [6, 6.07) is 8.11. The molecule has 1 aromatic carbocycles. The van der Waals surface area contributed by atoms with E-state index in [1.807, 2.05) is 12.1 Å². The molecule has 0 aromatic heterocycles. The fourth-order valence-electron chi connectivity index (χ4n) is 1.34. The third-order valence-corrected chi connectivity index (χ3v) is 2.18. The Bertz CT molecular complexity index is 353. The monoisotopic (exact) mass is 204 g/mol. The van der Waals surface area contributed by atoms with Gasteiger partial charge in [0.1, 0.15) is 0 Å². The molecule has 0 aliphatic rings. The van der Waals surface area contributed by atoms with E-state index in [1.54, 1.807) is 13.0 Å². The lowest BCUT2D eigenvalue weighted by Gasteiger charge is -2.05. The largest absolute Gasteiger partial charge is 0.462 e. The summed E-state index contributed by atoms with van der Waals surface area (Å²) >= 11 is 0. The number of rotatable bonds is 4. The molecule has 2 heteroatoms. The van der Waals surface area contributed by atoms with Crippen LogP contribution in [0.25, 0.3) is 0 Å². The van der Waals surface area contributed by atoms with E-state index in [4.69, 9.17) is 4.74 Å². The van der Waals surface area contributed by atoms with Crippen molar-refractivity contribution in [2.24, 2.45) is 0 Å². The number of allylic oxidation sites excluding steroid dienone is 1. The summed E-state index contributed by atoms with van der Waals surface area (Å²) in [6.45, 7) is 4.29. The van der Waals surface area contributed by atoms with E-state index in [0.717, 1.165) is 6.42 Å². The summed E-state index contributed by atoms with van der Waals surface area (Å²) in [5, 5.41) is 0. The Morgan fingerprint density at radius 1 is 1.40 bits per heavy atom. The van der Waals surface area contributed by atoms with Crippen molar-refractivity contribution >= 4 is 5.97 Å². The van der Waals surface area contributed by atoms with Gasteiger partial charge in [-0.25, -0.2) is 4.79 Å². The van der Waals surface area contributed by atoms with Crippen molar-refractivity contribution in [3.63, 3.8) is 0 Å². The van der Waals surface area contributed by atoms with Gasteiger partial charge in [-0.2, -0.15) is 0 Å². The minimum absolute atomic E-state index is 0.272. The highest BCUT2D eigenvalue weighted by Crippen LogP contribution is 2.07. The second kappa shape index (κ2) is 6.02. The molecule has 0 radical (unpaired) electrons. The number of ether oxygens (including phenoxy) is 1. The second-order valence-electron chi connectivity index (χ2n) is 3.34. The Balaban J connectivity index is 2.38. The van der Waals surface area contributed by atoms with Crippen LogP contribution in [0, 0.1) is 6.92 Å². The van der Waals surface area contributed by atoms with Crippen LogP contribution in [0.1, 0.15) is 18.1 Å². The number of esters is 1. The fourth-order valence-corrected chi connectivity index (χ4v) is 1.34. The van der Waals surface area contributed by atoms with Gasteiger partial charge in [0.25, 0.3) is 0 Å². The predicted octanol–water partition coefficient (Wildman–Crippen LogP) is 2.66. The van der Waals surface area contributed by atoms with E-state index in [1.165, 1.54) is 17.2 Å². The highest BCUT2D eigenvalue weighted by atomic mass is 16.5. The van der Waals surface area contributed by atoms with E-state index in [9.17, 15) is 4.79 Å². The maximum Gasteiger partial charge on any atom is 0.330 e. The third-order valence-electron chi connectivity index (χ3n) is 2.18. The quantitative estimate of drug-likeness (QED) is 0.556. The average molecular weight is 204 g/mol. The van der Waals surface area contributed by atoms with Gasteiger partial charge in [-0.1, -0.05) is 30.3 Å². The molecule has 0 N–H and O–H groups in total. The summed E-state index contributed by atoms with van der Waals surface area (Å²) in [6.07, 6.45) is 3.88. The zero-order chi connectivity index (χ0) is 11.1. The van der Waals surface area contributed by atoms with Gasteiger partial charge in [-0.3, -0.25) is 0 Å². The minimum Gasteiger partial charge on any atom is -0.462 e. The molecular formula is C13H16O2. The molecule has 1 rings (SSSR count). The average Bonchev–Trinajstić information content (AvgIpc) is 2.21. The predicted molar refractivity (Wildman–Crippen MR) is 60.7 cm³/mol. The zero-order valence-corrected chi connectivity index (χ0v) is 9.19. The maximum atomic E-state index is 11.0. The highest BCUT2D eigenvalue weighted by molar-refractivity contribution is 5.81. The SMILES string of the molecule is C/C=C/C(=O)OCCc1ccccc1C. The number of carbonyl (C=O) groups is 1. The topological polar surface area (TPSA) is 26.3 Å². The van der Waals surface area contributed by atoms with Gasteiger partial charge in [0.2, 0.25) is 0 Å². The number of hydrogen-bond acceptors (Lipinski definition) is 2. The molecule has 1 aromatic rings. The molecule has 2 nitrogen and oxygen atoms in total. The molecule has 0 amide bonds. The van der Waals surface area contributed by atoms with Crippen LogP contribution < -0.4 is 0 Å². The zero-order valence-electron chi connectivity index (χ0n) is 9.19. The first-order valence-electron chi connectivity index (χ1n) is 5.08. The number of aryl methyl sites for hydroxylation is 1. The number of hydrogen-bond donors (Lipinski definition) is 0. The van der Waals surface area contributed by atoms with Crippen LogP contribution in [0.4, 0.5) is 0 Å². The molecule has 0 unspecified atom stereocenters. The molecular weight excluding hydrogens is 188 g/mol. The van der Waals surface area contributed by atoms with Gasteiger partial charge < -0.3 is 4.74 Å². The molecule has 0 atom stereocenters. The van der Waals surface area contributed by atoms with Gasteiger partial charge in [-0.15, -0.1) is 0 Å². The van der Waals surface area contributed by atoms with Crippen molar-refractivity contribution in [3.05, 3.63) is 47.5 Å². The van der Waals surface area contributed by atoms with Crippen LogP contribution in [-0.2, 0) is 16.0 Å². The molecule has 0 aliphatic carbocycles. The first-order valence-corrected chi connectivity index (χ1v) is 5.08. The van der Waals surface area contributed by atoms with E-state index < -0.39 is 0 Å². The van der Waals surface area contributed by atoms with Crippen LogP contribution in [-0.4, -0.2) is 12.6 Å². The summed E-state index contributed by atoms with van der Waals surface area (Å²) in [5.74, 6) is -0.272. The Labute approximate surface area is 90.6 Å². The Morgan fingerprint density at radius 2 is 2.13 bits per heavy atom. The molecule has 15 heavy (non-hydrogen) atoms. The standard InChI is InChI=1S/C13H16O2/c1-3-6-13(14)15-10-9-12-8-5-4-7-11(12)2/h3-8H,9-10H2,1-2H3/b6-3+. The van der Waals surface area contributed by atoms with E-state index in [-0.39, 0.29) is 5.97 Å². The Kier molecular flexibility index (Phi) is 4.61. The summed E-state index contributed by atoms with van der Waals surface area (Å²) < 4.78 is 5.02. The van der Waals surface area contributed by atoms with Gasteiger partial charge in [0.05, 0.1) is 6.61 Å². The normalized spacial score (nSPS) is 10.5. The fraction of sp³-hybridized carbons (Fsp3) is 0.308. The summed E-state index contributed by atoms with van der Waals surface area (Å²) in [4.78, 5) is 11.0. The third kappa shape index (κ3) is 3.98. The lowest BCUT2D eigenvalue weighted by Crippen LogP contribution is -2.05. The van der Waals surface area contributed by atoms with Crippen molar-refractivity contribution in [1.29, 1.82) is 0 Å². The van der Waals surface area contributed by atoms with Crippen molar-refractivity contribution < 1.29 is 9.53 Å². The smallest absolute Gasteiger partial charge is 0.330 e. The molecule has 0 heterocycles. The molecule has 0 fully saturated rings. The summed E-state index contributed by atoms with van der Waals surface area (Å²) in [5.41, 5.74) is 2.46. The van der Waals surface area contributed by atoms with Gasteiger partial charge in [0.15, 0.2) is 0 Å². The van der Waals surface area contributed by atoms with Gasteiger partial charge in [-0.05, 0) is 25.0 Å². The van der Waals surface area contributed by atoms with E-state index in [0.29, 0.717) is 6.61 Å². The first kappa shape index (κ1) is 11.5. The summed E-state index contributed by atoms with van der Waals surface area (Å²) in [7, 11) is 0. The van der Waals surface area contributed by atoms with Crippen LogP contribution in [0.15, 0.2) is 36.4 Å². The molecule has 0 aliphatic heterocycles. The maximum absolute atomic E-state index is 11.0. The first-order chi connectivity index (χ1) is 7.24.